The van der Waals surface area contributed by atoms with Crippen molar-refractivity contribution in [2.45, 2.75) is 13.0 Å². The molecule has 1 unspecified atom stereocenters. The van der Waals surface area contributed by atoms with Crippen LogP contribution in [0.5, 0.6) is 0 Å². The number of imidazole rings is 1. The van der Waals surface area contributed by atoms with Crippen LogP contribution in [0.1, 0.15) is 23.0 Å². The van der Waals surface area contributed by atoms with Crippen LogP contribution >= 0.6 is 0 Å². The SMILES string of the molecule is Cc1ccc(C(NS(C)(=O)=O)c2nccn2C)cc1. The third-order valence-electron chi connectivity index (χ3n) is 2.86. The van der Waals surface area contributed by atoms with Gasteiger partial charge in [-0.25, -0.2) is 18.1 Å². The molecule has 102 valence electrons. The van der Waals surface area contributed by atoms with Gasteiger partial charge in [0.25, 0.3) is 0 Å². The van der Waals surface area contributed by atoms with E-state index in [0.29, 0.717) is 5.82 Å². The van der Waals surface area contributed by atoms with Crippen molar-refractivity contribution in [2.75, 3.05) is 6.26 Å². The van der Waals surface area contributed by atoms with Gasteiger partial charge in [-0.1, -0.05) is 29.8 Å². The molecular formula is C13H17N3O2S. The fraction of sp³-hybridized carbons (Fsp3) is 0.308. The summed E-state index contributed by atoms with van der Waals surface area (Å²) in [4.78, 5) is 4.24. The molecule has 0 bridgehead atoms. The first-order valence-corrected chi connectivity index (χ1v) is 7.77. The van der Waals surface area contributed by atoms with Gasteiger partial charge < -0.3 is 4.57 Å². The lowest BCUT2D eigenvalue weighted by Crippen LogP contribution is -2.30. The molecule has 0 aliphatic carbocycles. The van der Waals surface area contributed by atoms with Crippen molar-refractivity contribution in [3.05, 3.63) is 53.6 Å². The summed E-state index contributed by atoms with van der Waals surface area (Å²) in [5, 5.41) is 0. The minimum atomic E-state index is -3.33. The topological polar surface area (TPSA) is 64.0 Å². The second kappa shape index (κ2) is 5.14. The monoisotopic (exact) mass is 279 g/mol. The molecule has 1 N–H and O–H groups in total. The summed E-state index contributed by atoms with van der Waals surface area (Å²) < 4.78 is 27.5. The Morgan fingerprint density at radius 2 is 1.89 bits per heavy atom. The molecule has 0 saturated heterocycles. The van der Waals surface area contributed by atoms with Gasteiger partial charge in [-0.3, -0.25) is 0 Å². The van der Waals surface area contributed by atoms with E-state index >= 15 is 0 Å². The molecule has 0 aliphatic rings. The minimum Gasteiger partial charge on any atom is -0.336 e. The zero-order valence-electron chi connectivity index (χ0n) is 11.2. The Balaban J connectivity index is 2.46. The molecule has 0 amide bonds. The Kier molecular flexibility index (Phi) is 3.73. The summed E-state index contributed by atoms with van der Waals surface area (Å²) in [6.07, 6.45) is 4.60. The predicted molar refractivity (Wildman–Crippen MR) is 74.2 cm³/mol. The van der Waals surface area contributed by atoms with Gasteiger partial charge in [0, 0.05) is 19.4 Å². The van der Waals surface area contributed by atoms with Crippen LogP contribution < -0.4 is 4.72 Å². The van der Waals surface area contributed by atoms with Crippen LogP contribution in [0, 0.1) is 6.92 Å². The average Bonchev–Trinajstić information content (AvgIpc) is 2.72. The van der Waals surface area contributed by atoms with Crippen LogP contribution in [0.4, 0.5) is 0 Å². The summed E-state index contributed by atoms with van der Waals surface area (Å²) in [5.41, 5.74) is 1.99. The molecule has 1 aromatic heterocycles. The highest BCUT2D eigenvalue weighted by atomic mass is 32.2. The maximum atomic E-state index is 11.5. The van der Waals surface area contributed by atoms with Gasteiger partial charge in [0.15, 0.2) is 0 Å². The molecule has 0 saturated carbocycles. The molecule has 19 heavy (non-hydrogen) atoms. The molecule has 0 spiro atoms. The van der Waals surface area contributed by atoms with Crippen molar-refractivity contribution in [3.63, 3.8) is 0 Å². The quantitative estimate of drug-likeness (QED) is 0.919. The largest absolute Gasteiger partial charge is 0.336 e. The van der Waals surface area contributed by atoms with Gasteiger partial charge in [-0.05, 0) is 12.5 Å². The molecule has 5 nitrogen and oxygen atoms in total. The first kappa shape index (κ1) is 13.8. The third kappa shape index (κ3) is 3.42. The molecule has 0 fully saturated rings. The minimum absolute atomic E-state index is 0.476. The number of nitrogens with zero attached hydrogens (tertiary/aromatic N) is 2. The van der Waals surface area contributed by atoms with Crippen molar-refractivity contribution in [1.29, 1.82) is 0 Å². The molecule has 0 radical (unpaired) electrons. The lowest BCUT2D eigenvalue weighted by atomic mass is 10.1. The van der Waals surface area contributed by atoms with Gasteiger partial charge in [-0.2, -0.15) is 0 Å². The molecule has 1 aromatic carbocycles. The maximum absolute atomic E-state index is 11.5. The van der Waals surface area contributed by atoms with Gasteiger partial charge in [0.05, 0.1) is 6.26 Å². The highest BCUT2D eigenvalue weighted by Crippen LogP contribution is 2.21. The van der Waals surface area contributed by atoms with E-state index in [2.05, 4.69) is 9.71 Å². The van der Waals surface area contributed by atoms with Gasteiger partial charge in [0.2, 0.25) is 10.0 Å². The van der Waals surface area contributed by atoms with E-state index in [-0.39, 0.29) is 0 Å². The van der Waals surface area contributed by atoms with E-state index in [1.165, 1.54) is 0 Å². The zero-order chi connectivity index (χ0) is 14.0. The van der Waals surface area contributed by atoms with E-state index in [0.717, 1.165) is 17.4 Å². The lowest BCUT2D eigenvalue weighted by molar-refractivity contribution is 0.568. The molecule has 0 aliphatic heterocycles. The number of aryl methyl sites for hydroxylation is 2. The predicted octanol–water partition coefficient (Wildman–Crippen LogP) is 1.37. The maximum Gasteiger partial charge on any atom is 0.209 e. The summed E-state index contributed by atoms with van der Waals surface area (Å²) in [5.74, 6) is 0.661. The van der Waals surface area contributed by atoms with Crippen molar-refractivity contribution in [3.8, 4) is 0 Å². The molecule has 2 rings (SSSR count). The average molecular weight is 279 g/mol. The van der Waals surface area contributed by atoms with E-state index < -0.39 is 16.1 Å². The highest BCUT2D eigenvalue weighted by molar-refractivity contribution is 7.88. The number of rotatable bonds is 4. The Morgan fingerprint density at radius 1 is 1.26 bits per heavy atom. The van der Waals surface area contributed by atoms with Crippen LogP contribution in [0.15, 0.2) is 36.7 Å². The third-order valence-corrected chi connectivity index (χ3v) is 3.52. The second-order valence-corrected chi connectivity index (χ2v) is 6.41. The Morgan fingerprint density at radius 3 is 2.37 bits per heavy atom. The van der Waals surface area contributed by atoms with Gasteiger partial charge >= 0.3 is 0 Å². The molecule has 1 atom stereocenters. The van der Waals surface area contributed by atoms with Crippen LogP contribution in [0.3, 0.4) is 0 Å². The number of sulfonamides is 1. The van der Waals surface area contributed by atoms with E-state index in [1.807, 2.05) is 42.8 Å². The van der Waals surface area contributed by atoms with Gasteiger partial charge in [-0.15, -0.1) is 0 Å². The first-order valence-electron chi connectivity index (χ1n) is 5.88. The summed E-state index contributed by atoms with van der Waals surface area (Å²) >= 11 is 0. The standard InChI is InChI=1S/C13H17N3O2S/c1-10-4-6-11(7-5-10)12(15-19(3,17)18)13-14-8-9-16(13)2/h4-9,12,15H,1-3H3. The Hall–Kier alpha value is -1.66. The van der Waals surface area contributed by atoms with Crippen LogP contribution in [-0.4, -0.2) is 24.2 Å². The Bertz CT molecular complexity index is 659. The fourth-order valence-corrected chi connectivity index (χ4v) is 2.57. The van der Waals surface area contributed by atoms with Crippen molar-refractivity contribution < 1.29 is 8.42 Å². The number of hydrogen-bond donors (Lipinski definition) is 1. The fourth-order valence-electron chi connectivity index (χ4n) is 1.90. The zero-order valence-corrected chi connectivity index (χ0v) is 12.0. The van der Waals surface area contributed by atoms with E-state index in [1.54, 1.807) is 12.4 Å². The van der Waals surface area contributed by atoms with Gasteiger partial charge in [0.1, 0.15) is 11.9 Å². The molecule has 1 heterocycles. The number of hydrogen-bond acceptors (Lipinski definition) is 3. The normalized spacial score (nSPS) is 13.4. The highest BCUT2D eigenvalue weighted by Gasteiger charge is 2.21. The second-order valence-electron chi connectivity index (χ2n) is 4.63. The summed E-state index contributed by atoms with van der Waals surface area (Å²) in [6.45, 7) is 1.99. The number of nitrogens with one attached hydrogen (secondary N) is 1. The van der Waals surface area contributed by atoms with Crippen molar-refractivity contribution >= 4 is 10.0 Å². The van der Waals surface area contributed by atoms with E-state index in [9.17, 15) is 8.42 Å². The van der Waals surface area contributed by atoms with Crippen LogP contribution in [0.25, 0.3) is 0 Å². The molecular weight excluding hydrogens is 262 g/mol. The number of aromatic nitrogens is 2. The van der Waals surface area contributed by atoms with Crippen molar-refractivity contribution in [1.82, 2.24) is 14.3 Å². The Labute approximate surface area is 113 Å². The molecule has 2 aromatic rings. The van der Waals surface area contributed by atoms with Crippen LogP contribution in [-0.2, 0) is 17.1 Å². The molecule has 6 heteroatoms. The lowest BCUT2D eigenvalue weighted by Gasteiger charge is -2.18. The summed E-state index contributed by atoms with van der Waals surface area (Å²) in [7, 11) is -1.49. The summed E-state index contributed by atoms with van der Waals surface area (Å²) in [6, 6.07) is 7.25. The van der Waals surface area contributed by atoms with E-state index in [4.69, 9.17) is 0 Å². The first-order chi connectivity index (χ1) is 8.87. The number of benzene rings is 1. The van der Waals surface area contributed by atoms with Crippen molar-refractivity contribution in [2.24, 2.45) is 7.05 Å². The van der Waals surface area contributed by atoms with Crippen LogP contribution in [0.2, 0.25) is 0 Å². The smallest absolute Gasteiger partial charge is 0.209 e.